The van der Waals surface area contributed by atoms with Gasteiger partial charge in [-0.15, -0.1) is 0 Å². The predicted octanol–water partition coefficient (Wildman–Crippen LogP) is 6.12. The van der Waals surface area contributed by atoms with Crippen LogP contribution in [0.1, 0.15) is 175 Å². The van der Waals surface area contributed by atoms with E-state index in [0.29, 0.717) is 19.3 Å². The van der Waals surface area contributed by atoms with E-state index >= 15 is 0 Å². The molecule has 0 saturated heterocycles. The van der Waals surface area contributed by atoms with Gasteiger partial charge in [0.2, 0.25) is 0 Å². The molecule has 0 aromatic rings. The molecule has 0 amide bonds. The monoisotopic (exact) mass is 944 g/mol. The van der Waals surface area contributed by atoms with Crippen molar-refractivity contribution in [2.45, 2.75) is 175 Å². The fourth-order valence-corrected chi connectivity index (χ4v) is 6.15. The normalized spacial score (nSPS) is 11.4. The number of rotatable bonds is 27. The Balaban J connectivity index is -0.000000169. The van der Waals surface area contributed by atoms with Crippen LogP contribution < -0.4 is 29.4 Å². The minimum atomic E-state index is -4.23. The van der Waals surface area contributed by atoms with Crippen LogP contribution in [0.3, 0.4) is 0 Å². The van der Waals surface area contributed by atoms with Gasteiger partial charge in [-0.1, -0.05) is 178 Å². The summed E-state index contributed by atoms with van der Waals surface area (Å²) in [6.45, 7) is 6.54. The van der Waals surface area contributed by atoms with Crippen molar-refractivity contribution in [1.82, 2.24) is 0 Å². The maximum atomic E-state index is 10.3. The molecule has 0 aliphatic heterocycles. The molecule has 9 nitrogen and oxygen atoms in total. The second kappa shape index (κ2) is 40.6. The fourth-order valence-electron chi connectivity index (χ4n) is 4.32. The van der Waals surface area contributed by atoms with E-state index in [0.717, 1.165) is 38.5 Å². The molecule has 260 valence electrons. The largest absolute Gasteiger partial charge is 3.00 e. The summed E-state index contributed by atoms with van der Waals surface area (Å²) >= 11 is 0. The van der Waals surface area contributed by atoms with Crippen molar-refractivity contribution in [3.8, 4) is 0 Å². The van der Waals surface area contributed by atoms with Crippen LogP contribution in [0.4, 0.5) is 0 Å². The predicted molar refractivity (Wildman–Crippen MR) is 165 cm³/mol. The quantitative estimate of drug-likeness (QED) is 0.0690. The third-order valence-electron chi connectivity index (χ3n) is 6.86. The van der Waals surface area contributed by atoms with Crippen LogP contribution in [0.2, 0.25) is 0 Å². The first-order valence-electron chi connectivity index (χ1n) is 16.7. The van der Waals surface area contributed by atoms with Crippen molar-refractivity contribution in [3.05, 3.63) is 0 Å². The SMILES string of the molecule is CCCCCCCCCCP(=O)([O-])[O-].CCCCCCCCCCP(=O)([O-])[O-].CCCCCCCCCCP(=O)([O-])[O-].[Nd+3].[Nd+3]. The van der Waals surface area contributed by atoms with Crippen LogP contribution in [0.15, 0.2) is 0 Å². The first-order chi connectivity index (χ1) is 19.7. The van der Waals surface area contributed by atoms with Gasteiger partial charge in [-0.3, -0.25) is 0 Å². The summed E-state index contributed by atoms with van der Waals surface area (Å²) in [6, 6.07) is 0. The molecule has 0 spiro atoms. The summed E-state index contributed by atoms with van der Waals surface area (Å²) in [5, 5.41) is 0. The van der Waals surface area contributed by atoms with Crippen molar-refractivity contribution in [2.75, 3.05) is 18.5 Å². The molecule has 0 fully saturated rings. The van der Waals surface area contributed by atoms with E-state index in [9.17, 15) is 43.1 Å². The van der Waals surface area contributed by atoms with Crippen molar-refractivity contribution < 1.29 is 125 Å². The Morgan fingerprint density at radius 3 is 0.568 bits per heavy atom. The number of unbranched alkanes of at least 4 members (excludes halogenated alkanes) is 21. The Morgan fingerprint density at radius 1 is 0.295 bits per heavy atom. The summed E-state index contributed by atoms with van der Waals surface area (Å²) in [4.78, 5) is 61.7. The Labute approximate surface area is 337 Å². The van der Waals surface area contributed by atoms with Gasteiger partial charge in [0.1, 0.15) is 0 Å². The van der Waals surface area contributed by atoms with E-state index in [4.69, 9.17) is 0 Å². The Kier molecular flexibility index (Phi) is 52.1. The summed E-state index contributed by atoms with van der Waals surface area (Å²) in [5.74, 6) is 0. The number of hydrogen-bond acceptors (Lipinski definition) is 9. The van der Waals surface area contributed by atoms with Gasteiger partial charge in [0, 0.05) is 0 Å². The number of hydrogen-bond donors (Lipinski definition) is 0. The van der Waals surface area contributed by atoms with E-state index in [1.165, 1.54) is 96.3 Å². The van der Waals surface area contributed by atoms with Crippen molar-refractivity contribution in [3.63, 3.8) is 0 Å². The van der Waals surface area contributed by atoms with E-state index in [2.05, 4.69) is 20.8 Å². The smallest absolute Gasteiger partial charge is 0.811 e. The molecular formula is C30H63Nd2O9P3. The van der Waals surface area contributed by atoms with Crippen molar-refractivity contribution in [2.24, 2.45) is 0 Å². The zero-order valence-electron chi connectivity index (χ0n) is 28.1. The summed E-state index contributed by atoms with van der Waals surface area (Å²) in [7, 11) is -12.7. The summed E-state index contributed by atoms with van der Waals surface area (Å²) in [5.41, 5.74) is 0. The molecule has 0 bridgehead atoms. The van der Waals surface area contributed by atoms with E-state index in [-0.39, 0.29) is 100 Å². The molecule has 0 aliphatic carbocycles. The van der Waals surface area contributed by atoms with Gasteiger partial charge in [-0.25, -0.2) is 0 Å². The second-order valence-electron chi connectivity index (χ2n) is 11.4. The van der Waals surface area contributed by atoms with Crippen LogP contribution in [-0.2, 0) is 13.7 Å². The molecule has 0 aliphatic rings. The molecule has 0 aromatic carbocycles. The molecule has 44 heavy (non-hydrogen) atoms. The van der Waals surface area contributed by atoms with Gasteiger partial charge in [-0.05, 0) is 37.7 Å². The molecule has 2 radical (unpaired) electrons. The van der Waals surface area contributed by atoms with Crippen LogP contribution in [0.25, 0.3) is 0 Å². The van der Waals surface area contributed by atoms with Gasteiger partial charge < -0.3 is 43.1 Å². The Morgan fingerprint density at radius 2 is 0.432 bits per heavy atom. The van der Waals surface area contributed by atoms with Gasteiger partial charge in [0.05, 0.1) is 0 Å². The topological polar surface area (TPSA) is 190 Å². The van der Waals surface area contributed by atoms with Crippen LogP contribution in [0.5, 0.6) is 0 Å². The van der Waals surface area contributed by atoms with Crippen molar-refractivity contribution >= 4 is 22.8 Å². The van der Waals surface area contributed by atoms with E-state index < -0.39 is 22.8 Å². The maximum Gasteiger partial charge on any atom is 3.00 e. The molecule has 0 atom stereocenters. The third kappa shape index (κ3) is 67.3. The van der Waals surface area contributed by atoms with Crippen LogP contribution in [0, 0.1) is 81.7 Å². The molecule has 0 unspecified atom stereocenters. The molecule has 14 heteroatoms. The standard InChI is InChI=1S/3C10H23O3P.2Nd/c3*1-2-3-4-5-6-7-8-9-10-14(11,12)13;;/h3*2-10H2,1H3,(H2,11,12,13);;/q;;;2*+3/p-6. The van der Waals surface area contributed by atoms with Gasteiger partial charge >= 0.3 is 81.7 Å². The summed E-state index contributed by atoms with van der Waals surface area (Å²) in [6.07, 6.45) is 25.6. The van der Waals surface area contributed by atoms with E-state index in [1.54, 1.807) is 0 Å². The summed E-state index contributed by atoms with van der Waals surface area (Å²) < 4.78 is 30.8. The van der Waals surface area contributed by atoms with E-state index in [1.807, 2.05) is 0 Å². The Bertz CT molecular complexity index is 596. The van der Waals surface area contributed by atoms with Crippen LogP contribution >= 0.6 is 22.8 Å². The first kappa shape index (κ1) is 56.5. The average molecular weight is 949 g/mol. The zero-order valence-corrected chi connectivity index (χ0v) is 37.2. The third-order valence-corrected chi connectivity index (χ3v) is 9.45. The minimum Gasteiger partial charge on any atom is -0.811 e. The molecule has 0 heterocycles. The molecule has 0 rings (SSSR count). The fraction of sp³-hybridized carbons (Fsp3) is 1.00. The van der Waals surface area contributed by atoms with Crippen molar-refractivity contribution in [1.29, 1.82) is 0 Å². The maximum absolute atomic E-state index is 10.3. The van der Waals surface area contributed by atoms with Crippen LogP contribution in [-0.4, -0.2) is 18.5 Å². The van der Waals surface area contributed by atoms with Gasteiger partial charge in [0.25, 0.3) is 0 Å². The molecular weight excluding hydrogens is 886 g/mol. The second-order valence-corrected chi connectivity index (χ2v) is 16.4. The molecule has 0 saturated carbocycles. The zero-order chi connectivity index (χ0) is 32.6. The Hall–Kier alpha value is 3.15. The first-order valence-corrected chi connectivity index (χ1v) is 21.9. The molecule has 0 N–H and O–H groups in total. The minimum absolute atomic E-state index is 0. The molecule has 0 aromatic heterocycles. The van der Waals surface area contributed by atoms with Gasteiger partial charge in [0.15, 0.2) is 0 Å². The van der Waals surface area contributed by atoms with Gasteiger partial charge in [-0.2, -0.15) is 0 Å². The average Bonchev–Trinajstić information content (AvgIpc) is 2.88.